The van der Waals surface area contributed by atoms with Crippen molar-refractivity contribution in [2.45, 2.75) is 45.4 Å². The lowest BCUT2D eigenvalue weighted by molar-refractivity contribution is 0.328. The van der Waals surface area contributed by atoms with Crippen LogP contribution in [0.2, 0.25) is 0 Å². The highest BCUT2D eigenvalue weighted by atomic mass is 15.1. The third kappa shape index (κ3) is 5.61. The maximum absolute atomic E-state index is 3.45. The largest absolute Gasteiger partial charge is 0.317 e. The van der Waals surface area contributed by atoms with Gasteiger partial charge in [-0.15, -0.1) is 0 Å². The summed E-state index contributed by atoms with van der Waals surface area (Å²) < 4.78 is 0. The van der Waals surface area contributed by atoms with Gasteiger partial charge in [-0.2, -0.15) is 0 Å². The lowest BCUT2D eigenvalue weighted by Crippen LogP contribution is -2.21. The molecule has 14 heavy (non-hydrogen) atoms. The van der Waals surface area contributed by atoms with Gasteiger partial charge in [0.05, 0.1) is 0 Å². The van der Waals surface area contributed by atoms with Gasteiger partial charge in [-0.3, -0.25) is 0 Å². The molecule has 1 saturated heterocycles. The Morgan fingerprint density at radius 1 is 1.00 bits per heavy atom. The van der Waals surface area contributed by atoms with E-state index in [-0.39, 0.29) is 0 Å². The predicted molar refractivity (Wildman–Crippen MR) is 62.7 cm³/mol. The molecule has 84 valence electrons. The molecule has 2 heteroatoms. The normalized spacial score (nSPS) is 17.8. The minimum Gasteiger partial charge on any atom is -0.317 e. The van der Waals surface area contributed by atoms with Crippen LogP contribution in [-0.4, -0.2) is 37.6 Å². The summed E-state index contributed by atoms with van der Waals surface area (Å²) >= 11 is 0. The molecule has 0 radical (unpaired) electrons. The molecule has 0 saturated carbocycles. The molecule has 0 aromatic carbocycles. The zero-order valence-electron chi connectivity index (χ0n) is 9.73. The summed E-state index contributed by atoms with van der Waals surface area (Å²) in [7, 11) is 0. The Morgan fingerprint density at radius 2 is 1.79 bits per heavy atom. The smallest absolute Gasteiger partial charge is 0.00183 e. The topological polar surface area (TPSA) is 15.3 Å². The Kier molecular flexibility index (Phi) is 7.06. The van der Waals surface area contributed by atoms with E-state index in [9.17, 15) is 0 Å². The number of likely N-dealkylation sites (tertiary alicyclic amines) is 1. The second-order valence-corrected chi connectivity index (χ2v) is 4.36. The number of hydrogen-bond donors (Lipinski definition) is 1. The minimum absolute atomic E-state index is 1.19. The van der Waals surface area contributed by atoms with Crippen molar-refractivity contribution in [3.63, 3.8) is 0 Å². The van der Waals surface area contributed by atoms with Crippen molar-refractivity contribution in [1.82, 2.24) is 10.2 Å². The molecule has 1 aliphatic heterocycles. The Balaban J connectivity index is 1.75. The van der Waals surface area contributed by atoms with Crippen LogP contribution in [0.3, 0.4) is 0 Å². The van der Waals surface area contributed by atoms with Gasteiger partial charge in [-0.05, 0) is 64.8 Å². The molecule has 1 heterocycles. The molecule has 0 aliphatic carbocycles. The summed E-state index contributed by atoms with van der Waals surface area (Å²) in [4.78, 5) is 2.61. The van der Waals surface area contributed by atoms with Crippen LogP contribution in [0.1, 0.15) is 45.4 Å². The molecule has 0 aromatic heterocycles. The van der Waals surface area contributed by atoms with E-state index in [2.05, 4.69) is 17.1 Å². The summed E-state index contributed by atoms with van der Waals surface area (Å²) in [6.07, 6.45) is 8.26. The molecular formula is C12H26N2. The van der Waals surface area contributed by atoms with Crippen LogP contribution in [0.25, 0.3) is 0 Å². The second kappa shape index (κ2) is 8.25. The van der Waals surface area contributed by atoms with Gasteiger partial charge in [0, 0.05) is 0 Å². The third-order valence-corrected chi connectivity index (χ3v) is 2.95. The standard InChI is InChI=1S/C12H26N2/c1-2-8-13-9-4-3-5-10-14-11-6-7-12-14/h13H,2-12H2,1H3. The summed E-state index contributed by atoms with van der Waals surface area (Å²) in [6.45, 7) is 8.68. The van der Waals surface area contributed by atoms with Gasteiger partial charge >= 0.3 is 0 Å². The van der Waals surface area contributed by atoms with E-state index in [0.29, 0.717) is 0 Å². The van der Waals surface area contributed by atoms with Crippen molar-refractivity contribution < 1.29 is 0 Å². The average molecular weight is 198 g/mol. The summed E-state index contributed by atoms with van der Waals surface area (Å²) in [5.41, 5.74) is 0. The van der Waals surface area contributed by atoms with Gasteiger partial charge in [0.15, 0.2) is 0 Å². The van der Waals surface area contributed by atoms with Gasteiger partial charge in [-0.25, -0.2) is 0 Å². The van der Waals surface area contributed by atoms with E-state index in [1.165, 1.54) is 71.2 Å². The number of rotatable bonds is 8. The van der Waals surface area contributed by atoms with Crippen molar-refractivity contribution in [1.29, 1.82) is 0 Å². The first-order chi connectivity index (χ1) is 6.93. The van der Waals surface area contributed by atoms with E-state index < -0.39 is 0 Å². The lowest BCUT2D eigenvalue weighted by Gasteiger charge is -2.13. The molecule has 0 unspecified atom stereocenters. The molecule has 0 bridgehead atoms. The van der Waals surface area contributed by atoms with E-state index >= 15 is 0 Å². The summed E-state index contributed by atoms with van der Waals surface area (Å²) in [6, 6.07) is 0. The first kappa shape index (κ1) is 12.0. The number of nitrogens with zero attached hydrogens (tertiary/aromatic N) is 1. The Labute approximate surface area is 89.1 Å². The fourth-order valence-electron chi connectivity index (χ4n) is 2.07. The average Bonchev–Trinajstić information content (AvgIpc) is 2.69. The first-order valence-corrected chi connectivity index (χ1v) is 6.36. The fraction of sp³-hybridized carbons (Fsp3) is 1.00. The number of hydrogen-bond acceptors (Lipinski definition) is 2. The maximum Gasteiger partial charge on any atom is -0.00183 e. The quantitative estimate of drug-likeness (QED) is 0.602. The maximum atomic E-state index is 3.45. The summed E-state index contributed by atoms with van der Waals surface area (Å²) in [5.74, 6) is 0. The van der Waals surface area contributed by atoms with Gasteiger partial charge in [-0.1, -0.05) is 13.3 Å². The van der Waals surface area contributed by atoms with Crippen molar-refractivity contribution >= 4 is 0 Å². The molecule has 2 nitrogen and oxygen atoms in total. The highest BCUT2D eigenvalue weighted by Crippen LogP contribution is 2.08. The number of unbranched alkanes of at least 4 members (excludes halogenated alkanes) is 2. The Morgan fingerprint density at radius 3 is 2.50 bits per heavy atom. The molecular weight excluding hydrogens is 172 g/mol. The van der Waals surface area contributed by atoms with E-state index in [0.717, 1.165) is 0 Å². The van der Waals surface area contributed by atoms with Crippen LogP contribution in [-0.2, 0) is 0 Å². The predicted octanol–water partition coefficient (Wildman–Crippen LogP) is 2.25. The third-order valence-electron chi connectivity index (χ3n) is 2.95. The van der Waals surface area contributed by atoms with Crippen LogP contribution in [0.5, 0.6) is 0 Å². The van der Waals surface area contributed by atoms with Crippen molar-refractivity contribution in [2.75, 3.05) is 32.7 Å². The highest BCUT2D eigenvalue weighted by molar-refractivity contribution is 4.65. The Bertz CT molecular complexity index is 119. The molecule has 1 rings (SSSR count). The first-order valence-electron chi connectivity index (χ1n) is 6.36. The van der Waals surface area contributed by atoms with Crippen molar-refractivity contribution in [3.8, 4) is 0 Å². The van der Waals surface area contributed by atoms with E-state index in [1.54, 1.807) is 0 Å². The van der Waals surface area contributed by atoms with Crippen LogP contribution < -0.4 is 5.32 Å². The van der Waals surface area contributed by atoms with Crippen LogP contribution in [0, 0.1) is 0 Å². The van der Waals surface area contributed by atoms with Crippen LogP contribution in [0.15, 0.2) is 0 Å². The van der Waals surface area contributed by atoms with Crippen LogP contribution in [0.4, 0.5) is 0 Å². The van der Waals surface area contributed by atoms with E-state index in [4.69, 9.17) is 0 Å². The van der Waals surface area contributed by atoms with Crippen molar-refractivity contribution in [2.24, 2.45) is 0 Å². The molecule has 0 atom stereocenters. The van der Waals surface area contributed by atoms with Gasteiger partial charge < -0.3 is 10.2 Å². The molecule has 0 amide bonds. The highest BCUT2D eigenvalue weighted by Gasteiger charge is 2.09. The fourth-order valence-corrected chi connectivity index (χ4v) is 2.07. The zero-order valence-corrected chi connectivity index (χ0v) is 9.73. The minimum atomic E-state index is 1.19. The zero-order chi connectivity index (χ0) is 10.1. The molecule has 1 aliphatic rings. The Hall–Kier alpha value is -0.0800. The van der Waals surface area contributed by atoms with Gasteiger partial charge in [0.2, 0.25) is 0 Å². The van der Waals surface area contributed by atoms with Gasteiger partial charge in [0.25, 0.3) is 0 Å². The molecule has 0 aromatic rings. The van der Waals surface area contributed by atoms with Gasteiger partial charge in [0.1, 0.15) is 0 Å². The SMILES string of the molecule is CCCNCCCCCN1CCCC1. The molecule has 0 spiro atoms. The molecule has 1 N–H and O–H groups in total. The number of nitrogens with one attached hydrogen (secondary N) is 1. The van der Waals surface area contributed by atoms with Crippen LogP contribution >= 0.6 is 0 Å². The monoisotopic (exact) mass is 198 g/mol. The second-order valence-electron chi connectivity index (χ2n) is 4.36. The lowest BCUT2D eigenvalue weighted by atomic mass is 10.2. The van der Waals surface area contributed by atoms with E-state index in [1.807, 2.05) is 0 Å². The summed E-state index contributed by atoms with van der Waals surface area (Å²) in [5, 5.41) is 3.45. The van der Waals surface area contributed by atoms with Crippen molar-refractivity contribution in [3.05, 3.63) is 0 Å². The molecule has 1 fully saturated rings.